The van der Waals surface area contributed by atoms with E-state index in [1.165, 1.54) is 6.07 Å². The van der Waals surface area contributed by atoms with Crippen LogP contribution in [-0.4, -0.2) is 5.38 Å². The summed E-state index contributed by atoms with van der Waals surface area (Å²) in [6.07, 6.45) is 3.77. The first-order valence-electron chi connectivity index (χ1n) is 5.56. The Hall–Kier alpha value is -0.270. The van der Waals surface area contributed by atoms with E-state index in [0.717, 1.165) is 25.7 Å². The number of hydrogen-bond donors (Lipinski definition) is 0. The van der Waals surface area contributed by atoms with Crippen LogP contribution in [0.1, 0.15) is 31.7 Å². The van der Waals surface area contributed by atoms with Crippen molar-refractivity contribution in [3.05, 3.63) is 34.6 Å². The molecule has 0 spiro atoms. The number of rotatable bonds is 2. The molecule has 1 aromatic rings. The largest absolute Gasteiger partial charge is 0.207 e. The maximum absolute atomic E-state index is 13.6. The van der Waals surface area contributed by atoms with Gasteiger partial charge in [0.15, 0.2) is 0 Å². The highest BCUT2D eigenvalue weighted by molar-refractivity contribution is 6.30. The molecule has 0 nitrogen and oxygen atoms in total. The molecule has 0 aromatic heterocycles. The van der Waals surface area contributed by atoms with Gasteiger partial charge in [-0.1, -0.05) is 18.5 Å². The zero-order valence-electron chi connectivity index (χ0n) is 9.27. The Morgan fingerprint density at radius 3 is 2.88 bits per heavy atom. The maximum Gasteiger partial charge on any atom is 0.126 e. The second-order valence-electron chi connectivity index (χ2n) is 5.06. The molecule has 1 saturated carbocycles. The van der Waals surface area contributed by atoms with E-state index in [2.05, 4.69) is 6.92 Å². The van der Waals surface area contributed by atoms with Crippen LogP contribution in [0.25, 0.3) is 0 Å². The van der Waals surface area contributed by atoms with E-state index in [-0.39, 0.29) is 16.6 Å². The molecule has 1 aliphatic carbocycles. The zero-order valence-corrected chi connectivity index (χ0v) is 10.8. The van der Waals surface area contributed by atoms with Crippen LogP contribution in [0.2, 0.25) is 5.02 Å². The molecule has 1 fully saturated rings. The van der Waals surface area contributed by atoms with Crippen molar-refractivity contribution in [3.63, 3.8) is 0 Å². The molecule has 0 heterocycles. The molecule has 2 rings (SSSR count). The summed E-state index contributed by atoms with van der Waals surface area (Å²) in [6, 6.07) is 4.75. The van der Waals surface area contributed by atoms with Gasteiger partial charge >= 0.3 is 0 Å². The fourth-order valence-electron chi connectivity index (χ4n) is 2.54. The summed E-state index contributed by atoms with van der Waals surface area (Å²) in [5.41, 5.74) is 0.832. The van der Waals surface area contributed by atoms with E-state index in [1.54, 1.807) is 12.1 Å². The quantitative estimate of drug-likeness (QED) is 0.669. The molecule has 0 amide bonds. The molecule has 3 heteroatoms. The minimum Gasteiger partial charge on any atom is -0.207 e. The SMILES string of the molecule is CC1(Cc2cc(Cl)ccc2F)CCC(Cl)C1. The van der Waals surface area contributed by atoms with Crippen LogP contribution in [0, 0.1) is 11.2 Å². The third kappa shape index (κ3) is 2.70. The lowest BCUT2D eigenvalue weighted by Crippen LogP contribution is -2.16. The maximum atomic E-state index is 13.6. The van der Waals surface area contributed by atoms with Gasteiger partial charge in [0, 0.05) is 10.4 Å². The predicted octanol–water partition coefficient (Wildman–Crippen LogP) is 4.82. The highest BCUT2D eigenvalue weighted by Gasteiger charge is 2.34. The topological polar surface area (TPSA) is 0 Å². The monoisotopic (exact) mass is 260 g/mol. The third-order valence-electron chi connectivity index (χ3n) is 3.40. The van der Waals surface area contributed by atoms with Crippen LogP contribution in [0.15, 0.2) is 18.2 Å². The molecule has 2 unspecified atom stereocenters. The molecule has 0 aliphatic heterocycles. The number of hydrogen-bond acceptors (Lipinski definition) is 0. The molecular formula is C13H15Cl2F. The molecule has 0 saturated heterocycles. The Balaban J connectivity index is 2.17. The van der Waals surface area contributed by atoms with E-state index in [0.29, 0.717) is 10.6 Å². The zero-order chi connectivity index (χ0) is 11.8. The van der Waals surface area contributed by atoms with E-state index < -0.39 is 0 Å². The molecule has 0 N–H and O–H groups in total. The summed E-state index contributed by atoms with van der Waals surface area (Å²) in [4.78, 5) is 0. The van der Waals surface area contributed by atoms with Crippen LogP contribution in [0.4, 0.5) is 4.39 Å². The molecule has 2 atom stereocenters. The van der Waals surface area contributed by atoms with Crippen LogP contribution in [0.5, 0.6) is 0 Å². The summed E-state index contributed by atoms with van der Waals surface area (Å²) in [5.74, 6) is -0.163. The van der Waals surface area contributed by atoms with Crippen molar-refractivity contribution in [1.29, 1.82) is 0 Å². The van der Waals surface area contributed by atoms with Gasteiger partial charge in [-0.05, 0) is 54.9 Å². The fraction of sp³-hybridized carbons (Fsp3) is 0.538. The second kappa shape index (κ2) is 4.54. The van der Waals surface area contributed by atoms with Gasteiger partial charge in [-0.2, -0.15) is 0 Å². The highest BCUT2D eigenvalue weighted by Crippen LogP contribution is 2.43. The standard InChI is InChI=1S/C13H15Cl2F/c1-13(5-4-11(15)8-13)7-9-6-10(14)2-3-12(9)16/h2-3,6,11H,4-5,7-8H2,1H3. The fourth-order valence-corrected chi connectivity index (χ4v) is 3.22. The first kappa shape index (κ1) is 12.2. The molecular weight excluding hydrogens is 246 g/mol. The van der Waals surface area contributed by atoms with Gasteiger partial charge in [0.2, 0.25) is 0 Å². The van der Waals surface area contributed by atoms with Crippen molar-refractivity contribution in [3.8, 4) is 0 Å². The summed E-state index contributed by atoms with van der Waals surface area (Å²) >= 11 is 12.0. The van der Waals surface area contributed by atoms with Crippen molar-refractivity contribution in [2.24, 2.45) is 5.41 Å². The molecule has 16 heavy (non-hydrogen) atoms. The third-order valence-corrected chi connectivity index (χ3v) is 4.01. The summed E-state index contributed by atoms with van der Waals surface area (Å²) < 4.78 is 13.6. The summed E-state index contributed by atoms with van der Waals surface area (Å²) in [5, 5.41) is 0.840. The van der Waals surface area contributed by atoms with Crippen LogP contribution in [0.3, 0.4) is 0 Å². The Morgan fingerprint density at radius 2 is 2.25 bits per heavy atom. The average Bonchev–Trinajstić information content (AvgIpc) is 2.52. The Bertz CT molecular complexity index is 392. The minimum atomic E-state index is -0.163. The van der Waals surface area contributed by atoms with E-state index in [4.69, 9.17) is 23.2 Å². The van der Waals surface area contributed by atoms with Crippen LogP contribution in [-0.2, 0) is 6.42 Å². The van der Waals surface area contributed by atoms with Gasteiger partial charge in [0.05, 0.1) is 0 Å². The first-order valence-corrected chi connectivity index (χ1v) is 6.38. The summed E-state index contributed by atoms with van der Waals surface area (Å²) in [6.45, 7) is 2.18. The first-order chi connectivity index (χ1) is 7.48. The predicted molar refractivity (Wildman–Crippen MR) is 66.7 cm³/mol. The summed E-state index contributed by atoms with van der Waals surface area (Å²) in [7, 11) is 0. The number of benzene rings is 1. The molecule has 0 bridgehead atoms. The van der Waals surface area contributed by atoms with E-state index in [9.17, 15) is 4.39 Å². The highest BCUT2D eigenvalue weighted by atomic mass is 35.5. The van der Waals surface area contributed by atoms with E-state index >= 15 is 0 Å². The second-order valence-corrected chi connectivity index (χ2v) is 6.12. The lowest BCUT2D eigenvalue weighted by Gasteiger charge is -2.24. The smallest absolute Gasteiger partial charge is 0.126 e. The lowest BCUT2D eigenvalue weighted by atomic mass is 9.82. The van der Waals surface area contributed by atoms with Gasteiger partial charge in [-0.25, -0.2) is 4.39 Å². The Kier molecular flexibility index (Phi) is 3.46. The molecule has 1 aliphatic rings. The number of alkyl halides is 1. The van der Waals surface area contributed by atoms with Crippen molar-refractivity contribution >= 4 is 23.2 Å². The van der Waals surface area contributed by atoms with Gasteiger partial charge in [-0.3, -0.25) is 0 Å². The van der Waals surface area contributed by atoms with Crippen LogP contribution >= 0.6 is 23.2 Å². The van der Waals surface area contributed by atoms with Crippen molar-refractivity contribution in [2.45, 2.75) is 38.0 Å². The Labute approximate surface area is 106 Å². The van der Waals surface area contributed by atoms with Crippen LogP contribution < -0.4 is 0 Å². The molecule has 1 aromatic carbocycles. The van der Waals surface area contributed by atoms with E-state index in [1.807, 2.05) is 0 Å². The van der Waals surface area contributed by atoms with Gasteiger partial charge in [0.25, 0.3) is 0 Å². The Morgan fingerprint density at radius 1 is 1.50 bits per heavy atom. The van der Waals surface area contributed by atoms with Gasteiger partial charge in [0.1, 0.15) is 5.82 Å². The molecule has 88 valence electrons. The molecule has 0 radical (unpaired) electrons. The van der Waals surface area contributed by atoms with Crippen molar-refractivity contribution < 1.29 is 4.39 Å². The normalized spacial score (nSPS) is 29.6. The number of halogens is 3. The van der Waals surface area contributed by atoms with Crippen molar-refractivity contribution in [1.82, 2.24) is 0 Å². The van der Waals surface area contributed by atoms with Gasteiger partial charge in [-0.15, -0.1) is 11.6 Å². The van der Waals surface area contributed by atoms with Crippen molar-refractivity contribution in [2.75, 3.05) is 0 Å². The lowest BCUT2D eigenvalue weighted by molar-refractivity contribution is 0.330. The van der Waals surface area contributed by atoms with Gasteiger partial charge < -0.3 is 0 Å². The minimum absolute atomic E-state index is 0.123. The average molecular weight is 261 g/mol.